The predicted octanol–water partition coefficient (Wildman–Crippen LogP) is 2.38. The monoisotopic (exact) mass is 462 g/mol. The first kappa shape index (κ1) is 22.2. The summed E-state index contributed by atoms with van der Waals surface area (Å²) < 4.78 is 1.89. The molecule has 0 spiro atoms. The Morgan fingerprint density at radius 2 is 2.16 bits per heavy atom. The number of aromatic nitrogens is 2. The smallest absolute Gasteiger partial charge is 0.193 e. The number of hydrogen-bond donors (Lipinski definition) is 1. The lowest BCUT2D eigenvalue weighted by Crippen LogP contribution is -2.41. The second-order valence-corrected chi connectivity index (χ2v) is 7.95. The minimum atomic E-state index is 0. The fourth-order valence-electron chi connectivity index (χ4n) is 3.50. The van der Waals surface area contributed by atoms with E-state index in [1.807, 2.05) is 17.9 Å². The Hall–Kier alpha value is -0.830. The molecule has 1 unspecified atom stereocenters. The highest BCUT2D eigenvalue weighted by molar-refractivity contribution is 14.0. The van der Waals surface area contributed by atoms with Crippen LogP contribution in [-0.4, -0.2) is 72.4 Å². The second kappa shape index (κ2) is 9.75. The Bertz CT molecular complexity index is 552. The molecule has 0 aromatic carbocycles. The largest absolute Gasteiger partial charge is 0.357 e. The van der Waals surface area contributed by atoms with Gasteiger partial charge in [-0.1, -0.05) is 13.8 Å². The van der Waals surface area contributed by atoms with Crippen LogP contribution >= 0.6 is 24.0 Å². The molecule has 0 radical (unpaired) electrons. The number of hydrogen-bond acceptors (Lipinski definition) is 3. The topological polar surface area (TPSA) is 48.7 Å². The van der Waals surface area contributed by atoms with E-state index in [2.05, 4.69) is 61.3 Å². The van der Waals surface area contributed by atoms with Crippen molar-refractivity contribution in [2.75, 3.05) is 46.8 Å². The quantitative estimate of drug-likeness (QED) is 0.401. The van der Waals surface area contributed by atoms with Gasteiger partial charge < -0.3 is 15.1 Å². The minimum absolute atomic E-state index is 0. The van der Waals surface area contributed by atoms with Gasteiger partial charge in [0.25, 0.3) is 0 Å². The van der Waals surface area contributed by atoms with Crippen LogP contribution in [0.25, 0.3) is 0 Å². The Labute approximate surface area is 170 Å². The van der Waals surface area contributed by atoms with Crippen LogP contribution in [-0.2, 0) is 7.05 Å². The van der Waals surface area contributed by atoms with Gasteiger partial charge in [-0.2, -0.15) is 5.10 Å². The van der Waals surface area contributed by atoms with Gasteiger partial charge in [0, 0.05) is 51.9 Å². The molecule has 1 fully saturated rings. The van der Waals surface area contributed by atoms with Gasteiger partial charge in [0.05, 0.1) is 6.20 Å². The molecular formula is C18H35IN6. The number of guanidine groups is 1. The Kier molecular flexibility index (Phi) is 8.67. The predicted molar refractivity (Wildman–Crippen MR) is 116 cm³/mol. The van der Waals surface area contributed by atoms with Crippen molar-refractivity contribution in [1.82, 2.24) is 24.9 Å². The van der Waals surface area contributed by atoms with Gasteiger partial charge in [-0.25, -0.2) is 0 Å². The summed E-state index contributed by atoms with van der Waals surface area (Å²) in [5.41, 5.74) is 1.51. The molecule has 1 aromatic heterocycles. The SMILES string of the molecule is CCNC(=NCC(C)(C)CN(C)C)N1CCC(c2cnn(C)c2)C1.I. The maximum Gasteiger partial charge on any atom is 0.193 e. The zero-order chi connectivity index (χ0) is 17.7. The van der Waals surface area contributed by atoms with Gasteiger partial charge in [0.2, 0.25) is 0 Å². The molecule has 144 valence electrons. The fourth-order valence-corrected chi connectivity index (χ4v) is 3.50. The fraction of sp³-hybridized carbons (Fsp3) is 0.778. The summed E-state index contributed by atoms with van der Waals surface area (Å²) in [6, 6.07) is 0. The van der Waals surface area contributed by atoms with E-state index in [9.17, 15) is 0 Å². The Morgan fingerprint density at radius 3 is 2.72 bits per heavy atom. The molecule has 7 heteroatoms. The van der Waals surface area contributed by atoms with Crippen LogP contribution in [0, 0.1) is 5.41 Å². The summed E-state index contributed by atoms with van der Waals surface area (Å²) in [6.07, 6.45) is 5.30. The molecule has 0 aliphatic carbocycles. The molecule has 1 N–H and O–H groups in total. The molecule has 2 rings (SSSR count). The number of aliphatic imine (C=N–C) groups is 1. The highest BCUT2D eigenvalue weighted by Gasteiger charge is 2.27. The van der Waals surface area contributed by atoms with E-state index in [4.69, 9.17) is 4.99 Å². The molecule has 1 aliphatic rings. The zero-order valence-corrected chi connectivity index (χ0v) is 18.9. The number of rotatable bonds is 6. The Morgan fingerprint density at radius 1 is 1.44 bits per heavy atom. The maximum atomic E-state index is 4.94. The van der Waals surface area contributed by atoms with E-state index >= 15 is 0 Å². The highest BCUT2D eigenvalue weighted by atomic mass is 127. The van der Waals surface area contributed by atoms with Crippen LogP contribution in [0.5, 0.6) is 0 Å². The van der Waals surface area contributed by atoms with Gasteiger partial charge in [-0.15, -0.1) is 24.0 Å². The standard InChI is InChI=1S/C18H34N6.HI/c1-7-19-17(20-13-18(2,3)14-22(4)5)24-9-8-15(12-24)16-10-21-23(6)11-16;/h10-11,15H,7-9,12-14H2,1-6H3,(H,19,20);1H. The molecule has 0 amide bonds. The van der Waals surface area contributed by atoms with Crippen molar-refractivity contribution in [2.45, 2.75) is 33.1 Å². The van der Waals surface area contributed by atoms with Gasteiger partial charge in [0.1, 0.15) is 0 Å². The molecular weight excluding hydrogens is 427 g/mol. The van der Waals surface area contributed by atoms with Crippen LogP contribution in [0.3, 0.4) is 0 Å². The minimum Gasteiger partial charge on any atom is -0.357 e. The second-order valence-electron chi connectivity index (χ2n) is 7.95. The first-order valence-electron chi connectivity index (χ1n) is 8.97. The first-order chi connectivity index (χ1) is 11.3. The van der Waals surface area contributed by atoms with Crippen molar-refractivity contribution in [3.8, 4) is 0 Å². The number of halogens is 1. The number of aryl methyl sites for hydroxylation is 1. The van der Waals surface area contributed by atoms with Crippen molar-refractivity contribution >= 4 is 29.9 Å². The van der Waals surface area contributed by atoms with Crippen molar-refractivity contribution < 1.29 is 0 Å². The molecule has 1 atom stereocenters. The van der Waals surface area contributed by atoms with Gasteiger partial charge >= 0.3 is 0 Å². The van der Waals surface area contributed by atoms with E-state index in [1.54, 1.807) is 0 Å². The van der Waals surface area contributed by atoms with E-state index in [0.717, 1.165) is 45.1 Å². The van der Waals surface area contributed by atoms with Gasteiger partial charge in [-0.05, 0) is 38.4 Å². The Balaban J connectivity index is 0.00000312. The van der Waals surface area contributed by atoms with Crippen LogP contribution in [0.1, 0.15) is 38.7 Å². The number of likely N-dealkylation sites (tertiary alicyclic amines) is 1. The van der Waals surface area contributed by atoms with Crippen LogP contribution in [0.2, 0.25) is 0 Å². The summed E-state index contributed by atoms with van der Waals surface area (Å²) in [5.74, 6) is 1.60. The third-order valence-electron chi connectivity index (χ3n) is 4.42. The van der Waals surface area contributed by atoms with E-state index in [1.165, 1.54) is 5.56 Å². The summed E-state index contributed by atoms with van der Waals surface area (Å²) in [7, 11) is 6.22. The summed E-state index contributed by atoms with van der Waals surface area (Å²) in [5, 5.41) is 7.78. The average molecular weight is 462 g/mol. The van der Waals surface area contributed by atoms with Crippen LogP contribution < -0.4 is 5.32 Å². The normalized spacial score (nSPS) is 18.6. The zero-order valence-electron chi connectivity index (χ0n) is 16.6. The highest BCUT2D eigenvalue weighted by Crippen LogP contribution is 2.27. The molecule has 1 saturated heterocycles. The van der Waals surface area contributed by atoms with E-state index in [-0.39, 0.29) is 29.4 Å². The van der Waals surface area contributed by atoms with Crippen molar-refractivity contribution in [3.05, 3.63) is 18.0 Å². The first-order valence-corrected chi connectivity index (χ1v) is 8.97. The summed E-state index contributed by atoms with van der Waals surface area (Å²) in [4.78, 5) is 9.57. The average Bonchev–Trinajstić information content (AvgIpc) is 3.10. The molecule has 0 bridgehead atoms. The lowest BCUT2D eigenvalue weighted by atomic mass is 9.93. The molecule has 6 nitrogen and oxygen atoms in total. The maximum absolute atomic E-state index is 4.94. The number of nitrogens with one attached hydrogen (secondary N) is 1. The summed E-state index contributed by atoms with van der Waals surface area (Å²) in [6.45, 7) is 11.5. The van der Waals surface area contributed by atoms with Crippen LogP contribution in [0.15, 0.2) is 17.4 Å². The van der Waals surface area contributed by atoms with Crippen molar-refractivity contribution in [3.63, 3.8) is 0 Å². The molecule has 2 heterocycles. The van der Waals surface area contributed by atoms with E-state index in [0.29, 0.717) is 5.92 Å². The van der Waals surface area contributed by atoms with Gasteiger partial charge in [0.15, 0.2) is 5.96 Å². The summed E-state index contributed by atoms with van der Waals surface area (Å²) >= 11 is 0. The third-order valence-corrected chi connectivity index (χ3v) is 4.42. The third kappa shape index (κ3) is 6.77. The van der Waals surface area contributed by atoms with Crippen molar-refractivity contribution in [1.29, 1.82) is 0 Å². The molecule has 1 aromatic rings. The lowest BCUT2D eigenvalue weighted by molar-refractivity contribution is 0.248. The van der Waals surface area contributed by atoms with E-state index < -0.39 is 0 Å². The molecule has 1 aliphatic heterocycles. The van der Waals surface area contributed by atoms with Crippen LogP contribution in [0.4, 0.5) is 0 Å². The lowest BCUT2D eigenvalue weighted by Gasteiger charge is -2.28. The molecule has 0 saturated carbocycles. The van der Waals surface area contributed by atoms with Gasteiger partial charge in [-0.3, -0.25) is 9.67 Å². The van der Waals surface area contributed by atoms with Crippen molar-refractivity contribution in [2.24, 2.45) is 17.5 Å². The molecule has 25 heavy (non-hydrogen) atoms. The number of nitrogens with zero attached hydrogens (tertiary/aromatic N) is 5.